The summed E-state index contributed by atoms with van der Waals surface area (Å²) >= 11 is 1.12. The summed E-state index contributed by atoms with van der Waals surface area (Å²) in [4.78, 5) is 73.2. The van der Waals surface area contributed by atoms with Crippen molar-refractivity contribution >= 4 is 53.2 Å². The molecule has 19 heteroatoms. The van der Waals surface area contributed by atoms with Gasteiger partial charge in [-0.2, -0.15) is 4.98 Å². The van der Waals surface area contributed by atoms with Gasteiger partial charge >= 0.3 is 41.6 Å². The van der Waals surface area contributed by atoms with Gasteiger partial charge < -0.3 is 46.3 Å². The Balaban J connectivity index is 0.00000520. The van der Waals surface area contributed by atoms with Crippen molar-refractivity contribution in [2.75, 3.05) is 22.6 Å². The Morgan fingerprint density at radius 2 is 1.83 bits per heavy atom. The molecule has 1 aliphatic carbocycles. The number of β-lactam (4-membered cyclic amide) rings is 1. The number of carboxylic acids is 1. The fraction of sp³-hybridized carbons (Fsp3) is 0.414. The third kappa shape index (κ3) is 7.78. The molecule has 0 radical (unpaired) electrons. The molecule has 3 atom stereocenters. The van der Waals surface area contributed by atoms with E-state index in [0.29, 0.717) is 25.7 Å². The first-order valence-corrected chi connectivity index (χ1v) is 15.6. The molecule has 7 N–H and O–H groups in total. The largest absolute Gasteiger partial charge is 1.00 e. The molecule has 17 nitrogen and oxygen atoms in total. The minimum atomic E-state index is -1.66. The molecule has 0 bridgehead atoms. The smallest absolute Gasteiger partial charge is 0.543 e. The molecule has 48 heavy (non-hydrogen) atoms. The number of nitrogens with two attached hydrogens (primary N) is 1. The molecule has 5 rings (SSSR count). The van der Waals surface area contributed by atoms with Gasteiger partial charge in [-0.1, -0.05) is 12.1 Å². The predicted octanol–water partition coefficient (Wildman–Crippen LogP) is -3.80. The van der Waals surface area contributed by atoms with Crippen LogP contribution in [0.5, 0.6) is 11.6 Å². The van der Waals surface area contributed by atoms with Crippen LogP contribution in [0.3, 0.4) is 0 Å². The fourth-order valence-corrected chi connectivity index (χ4v) is 7.00. The SMILES string of the molecule is CC(=O)OCC1=C(C(=O)[O-])N2C(=O)C(NC(=O)C(c3ccc(O)cc3)N(C(N)=O)c3cnc(NC4CCC(O)CC4)nc3O)[C@@H]2SC1.[Na+]. The summed E-state index contributed by atoms with van der Waals surface area (Å²) in [6, 6.07) is 1.08. The number of nitrogens with zero attached hydrogens (tertiary/aromatic N) is 4. The van der Waals surface area contributed by atoms with Crippen LogP contribution in [0.25, 0.3) is 0 Å². The average Bonchev–Trinajstić information content (AvgIpc) is 3.02. The molecule has 1 saturated heterocycles. The van der Waals surface area contributed by atoms with E-state index in [2.05, 4.69) is 20.6 Å². The molecule has 2 unspecified atom stereocenters. The molecule has 2 aromatic rings. The Labute approximate surface area is 300 Å². The van der Waals surface area contributed by atoms with Gasteiger partial charge in [-0.05, 0) is 43.4 Å². The number of primary amides is 1. The van der Waals surface area contributed by atoms with Crippen molar-refractivity contribution in [3.05, 3.63) is 47.3 Å². The zero-order valence-electron chi connectivity index (χ0n) is 26.0. The van der Waals surface area contributed by atoms with Crippen molar-refractivity contribution in [3.63, 3.8) is 0 Å². The number of anilines is 2. The number of phenols is 1. The number of aromatic nitrogens is 2. The van der Waals surface area contributed by atoms with Crippen LogP contribution in [0.4, 0.5) is 16.4 Å². The number of aliphatic hydroxyl groups excluding tert-OH is 1. The van der Waals surface area contributed by atoms with Crippen molar-refractivity contribution in [1.82, 2.24) is 20.2 Å². The number of fused-ring (bicyclic) bond motifs is 1. The van der Waals surface area contributed by atoms with Gasteiger partial charge in [-0.15, -0.1) is 11.8 Å². The minimum Gasteiger partial charge on any atom is -0.543 e. The number of benzene rings is 1. The quantitative estimate of drug-likeness (QED) is 0.0793. The van der Waals surface area contributed by atoms with Crippen LogP contribution in [-0.2, 0) is 23.9 Å². The van der Waals surface area contributed by atoms with E-state index in [1.807, 2.05) is 0 Å². The molecule has 250 valence electrons. The second-order valence-corrected chi connectivity index (χ2v) is 12.3. The van der Waals surface area contributed by atoms with E-state index in [0.717, 1.165) is 34.7 Å². The standard InChI is InChI=1S/C29H33N7O10S.Na/c1-13(37)46-11-15-12-47-26-20(25(42)36(26)22(15)27(43)44)33-24(41)21(14-2-6-17(38)7-3-14)35(28(30)45)19-10-31-29(34-23(19)40)32-16-4-8-18(39)9-5-16;/h2-3,6-7,10,16,18,20-21,26,38-39H,4-5,8-9,11-12H2,1H3,(H2,30,45)(H,33,41)(H,43,44)(H2,31,32,34,40);/q;+1/p-1/t16?,18?,20?,21?,26-;/m0./s1. The number of thioether (sulfide) groups is 1. The van der Waals surface area contributed by atoms with Crippen LogP contribution < -0.4 is 55.9 Å². The van der Waals surface area contributed by atoms with E-state index in [4.69, 9.17) is 10.5 Å². The zero-order valence-corrected chi connectivity index (χ0v) is 28.8. The summed E-state index contributed by atoms with van der Waals surface area (Å²) in [5, 5.41) is 47.3. The zero-order chi connectivity index (χ0) is 34.0. The first-order valence-electron chi connectivity index (χ1n) is 14.6. The summed E-state index contributed by atoms with van der Waals surface area (Å²) < 4.78 is 4.91. The van der Waals surface area contributed by atoms with Gasteiger partial charge in [0.1, 0.15) is 35.5 Å². The van der Waals surface area contributed by atoms with Crippen molar-refractivity contribution in [2.45, 2.75) is 62.2 Å². The van der Waals surface area contributed by atoms with Crippen LogP contribution in [0.1, 0.15) is 44.2 Å². The molecular weight excluding hydrogens is 661 g/mol. The van der Waals surface area contributed by atoms with Crippen LogP contribution in [0, 0.1) is 0 Å². The number of carboxylic acid groups (broad SMARTS) is 1. The molecule has 3 heterocycles. The molecule has 2 fully saturated rings. The number of urea groups is 1. The summed E-state index contributed by atoms with van der Waals surface area (Å²) in [5.74, 6) is -4.76. The van der Waals surface area contributed by atoms with Crippen molar-refractivity contribution < 1.29 is 78.7 Å². The topological polar surface area (TPSA) is 261 Å². The van der Waals surface area contributed by atoms with Gasteiger partial charge in [0.25, 0.3) is 5.91 Å². The molecule has 2 aliphatic heterocycles. The van der Waals surface area contributed by atoms with Crippen LogP contribution in [0.15, 0.2) is 41.7 Å². The van der Waals surface area contributed by atoms with Crippen LogP contribution >= 0.6 is 11.8 Å². The molecule has 0 spiro atoms. The first kappa shape index (κ1) is 36.7. The van der Waals surface area contributed by atoms with Crippen molar-refractivity contribution in [2.24, 2.45) is 5.73 Å². The minimum absolute atomic E-state index is 0. The number of rotatable bonds is 10. The molecule has 1 aromatic carbocycles. The van der Waals surface area contributed by atoms with Crippen molar-refractivity contribution in [1.29, 1.82) is 0 Å². The maximum Gasteiger partial charge on any atom is 1.00 e. The number of hydrogen-bond donors (Lipinski definition) is 6. The molecular formula is C29H32N7NaO10S. The number of amides is 4. The van der Waals surface area contributed by atoms with E-state index < -0.39 is 58.8 Å². The summed E-state index contributed by atoms with van der Waals surface area (Å²) in [7, 11) is 0. The van der Waals surface area contributed by atoms with Gasteiger partial charge in [0, 0.05) is 24.3 Å². The first-order chi connectivity index (χ1) is 22.3. The van der Waals surface area contributed by atoms with E-state index in [-0.39, 0.29) is 82.6 Å². The summed E-state index contributed by atoms with van der Waals surface area (Å²) in [5.41, 5.74) is 5.21. The predicted molar refractivity (Wildman–Crippen MR) is 162 cm³/mol. The van der Waals surface area contributed by atoms with E-state index in [1.165, 1.54) is 24.3 Å². The Morgan fingerprint density at radius 3 is 2.42 bits per heavy atom. The third-order valence-electron chi connectivity index (χ3n) is 7.98. The Bertz CT molecular complexity index is 1620. The van der Waals surface area contributed by atoms with E-state index >= 15 is 0 Å². The number of esters is 1. The average molecular weight is 694 g/mol. The second-order valence-electron chi connectivity index (χ2n) is 11.2. The van der Waals surface area contributed by atoms with E-state index in [9.17, 15) is 44.4 Å². The van der Waals surface area contributed by atoms with Crippen LogP contribution in [-0.4, -0.2) is 95.9 Å². The number of ether oxygens (including phenoxy) is 1. The van der Waals surface area contributed by atoms with Crippen LogP contribution in [0.2, 0.25) is 0 Å². The van der Waals surface area contributed by atoms with Gasteiger partial charge in [0.2, 0.25) is 17.7 Å². The number of aliphatic hydroxyl groups is 1. The Kier molecular flexibility index (Phi) is 11.8. The number of carbonyl (C=O) groups excluding carboxylic acids is 5. The Hall–Kier alpha value is -4.10. The number of aliphatic carboxylic acids is 1. The normalized spacial score (nSPS) is 22.3. The number of aromatic hydroxyl groups is 2. The van der Waals surface area contributed by atoms with Gasteiger partial charge in [-0.25, -0.2) is 9.78 Å². The monoisotopic (exact) mass is 693 g/mol. The molecule has 3 aliphatic rings. The second kappa shape index (κ2) is 15.4. The summed E-state index contributed by atoms with van der Waals surface area (Å²) in [6.07, 6.45) is 3.18. The number of nitrogens with one attached hydrogen (secondary N) is 2. The van der Waals surface area contributed by atoms with Gasteiger partial charge in [0.15, 0.2) is 0 Å². The fourth-order valence-electron chi connectivity index (χ4n) is 5.67. The van der Waals surface area contributed by atoms with Gasteiger partial charge in [0.05, 0.1) is 24.0 Å². The number of phenolic OH excluding ortho intramolecular Hbond substituents is 1. The van der Waals surface area contributed by atoms with Gasteiger partial charge in [-0.3, -0.25) is 24.2 Å². The maximum atomic E-state index is 13.9. The third-order valence-corrected chi connectivity index (χ3v) is 9.32. The van der Waals surface area contributed by atoms with E-state index in [1.54, 1.807) is 0 Å². The number of hydrogen-bond acceptors (Lipinski definition) is 14. The molecule has 1 saturated carbocycles. The summed E-state index contributed by atoms with van der Waals surface area (Å²) in [6.45, 7) is 0.791. The molecule has 1 aromatic heterocycles. The number of carbonyl (C=O) groups is 5. The molecule has 4 amide bonds. The Morgan fingerprint density at radius 1 is 1.17 bits per heavy atom. The van der Waals surface area contributed by atoms with Crippen molar-refractivity contribution in [3.8, 4) is 11.6 Å². The maximum absolute atomic E-state index is 13.9.